The highest BCUT2D eigenvalue weighted by Gasteiger charge is 2.08. The van der Waals surface area contributed by atoms with Crippen LogP contribution in [0.5, 0.6) is 17.2 Å². The lowest BCUT2D eigenvalue weighted by Gasteiger charge is -2.16. The van der Waals surface area contributed by atoms with Crippen LogP contribution in [0.1, 0.15) is 23.6 Å². The third kappa shape index (κ3) is 5.81. The average Bonchev–Trinajstić information content (AvgIpc) is 2.69. The summed E-state index contributed by atoms with van der Waals surface area (Å²) < 4.78 is 16.4. The summed E-state index contributed by atoms with van der Waals surface area (Å²) in [5.74, 6) is 3.14. The van der Waals surface area contributed by atoms with Crippen molar-refractivity contribution < 1.29 is 14.2 Å². The van der Waals surface area contributed by atoms with E-state index in [0.717, 1.165) is 28.4 Å². The Morgan fingerprint density at radius 1 is 0.926 bits per heavy atom. The van der Waals surface area contributed by atoms with Gasteiger partial charge in [0.2, 0.25) is 0 Å². The molecule has 0 aromatic heterocycles. The molecule has 2 aromatic rings. The normalized spacial score (nSPS) is 11.1. The van der Waals surface area contributed by atoms with Crippen molar-refractivity contribution in [3.63, 3.8) is 0 Å². The molecule has 0 saturated heterocycles. The second kappa shape index (κ2) is 10.3. The van der Waals surface area contributed by atoms with Gasteiger partial charge in [0.15, 0.2) is 5.96 Å². The Morgan fingerprint density at radius 3 is 2.19 bits per heavy atom. The van der Waals surface area contributed by atoms with E-state index in [1.165, 1.54) is 5.56 Å². The van der Waals surface area contributed by atoms with Crippen LogP contribution in [0.3, 0.4) is 0 Å². The standard InChI is InChI=1S/C21H29N3O3/c1-6-27-20-11-15(2)7-8-17(20)14-24-21(22-3)23-13-16-9-10-18(25-4)12-19(16)26-5/h7-12H,6,13-14H2,1-5H3,(H2,22,23,24). The lowest BCUT2D eigenvalue weighted by molar-refractivity contribution is 0.336. The van der Waals surface area contributed by atoms with E-state index in [4.69, 9.17) is 14.2 Å². The Morgan fingerprint density at radius 2 is 1.59 bits per heavy atom. The van der Waals surface area contributed by atoms with Crippen molar-refractivity contribution in [2.45, 2.75) is 26.9 Å². The first-order valence-corrected chi connectivity index (χ1v) is 8.99. The Balaban J connectivity index is 1.99. The number of hydrogen-bond donors (Lipinski definition) is 2. The number of benzene rings is 2. The number of ether oxygens (including phenoxy) is 3. The largest absolute Gasteiger partial charge is 0.497 e. The summed E-state index contributed by atoms with van der Waals surface area (Å²) in [6, 6.07) is 12.0. The van der Waals surface area contributed by atoms with Crippen molar-refractivity contribution in [2.75, 3.05) is 27.9 Å². The van der Waals surface area contributed by atoms with Crippen molar-refractivity contribution in [1.82, 2.24) is 10.6 Å². The summed E-state index contributed by atoms with van der Waals surface area (Å²) in [5.41, 5.74) is 3.29. The molecule has 2 rings (SSSR count). The maximum Gasteiger partial charge on any atom is 0.191 e. The van der Waals surface area contributed by atoms with Crippen molar-refractivity contribution in [2.24, 2.45) is 4.99 Å². The molecule has 2 N–H and O–H groups in total. The zero-order valence-corrected chi connectivity index (χ0v) is 16.8. The van der Waals surface area contributed by atoms with Crippen LogP contribution in [0.25, 0.3) is 0 Å². The quantitative estimate of drug-likeness (QED) is 0.551. The van der Waals surface area contributed by atoms with E-state index in [2.05, 4.69) is 40.7 Å². The van der Waals surface area contributed by atoms with Gasteiger partial charge in [0, 0.05) is 37.3 Å². The summed E-state index contributed by atoms with van der Waals surface area (Å²) >= 11 is 0. The van der Waals surface area contributed by atoms with Crippen LogP contribution in [0.4, 0.5) is 0 Å². The predicted molar refractivity (Wildman–Crippen MR) is 109 cm³/mol. The molecule has 0 aliphatic carbocycles. The number of nitrogens with one attached hydrogen (secondary N) is 2. The molecule has 0 radical (unpaired) electrons. The summed E-state index contributed by atoms with van der Waals surface area (Å²) in [5, 5.41) is 6.64. The van der Waals surface area contributed by atoms with Crippen molar-refractivity contribution in [3.05, 3.63) is 53.1 Å². The Bertz CT molecular complexity index is 775. The summed E-state index contributed by atoms with van der Waals surface area (Å²) in [4.78, 5) is 4.29. The van der Waals surface area contributed by atoms with Gasteiger partial charge in [-0.1, -0.05) is 12.1 Å². The number of hydrogen-bond acceptors (Lipinski definition) is 4. The molecule has 0 bridgehead atoms. The fourth-order valence-corrected chi connectivity index (χ4v) is 2.67. The zero-order chi connectivity index (χ0) is 19.6. The smallest absolute Gasteiger partial charge is 0.191 e. The van der Waals surface area contributed by atoms with Gasteiger partial charge in [-0.05, 0) is 37.6 Å². The molecule has 0 aliphatic rings. The topological polar surface area (TPSA) is 64.1 Å². The molecule has 0 fully saturated rings. The van der Waals surface area contributed by atoms with Crippen LogP contribution in [-0.2, 0) is 13.1 Å². The maximum absolute atomic E-state index is 5.74. The Labute approximate surface area is 161 Å². The van der Waals surface area contributed by atoms with E-state index in [1.54, 1.807) is 21.3 Å². The second-order valence-corrected chi connectivity index (χ2v) is 6.00. The molecule has 2 aromatic carbocycles. The monoisotopic (exact) mass is 371 g/mol. The van der Waals surface area contributed by atoms with Crippen LogP contribution in [0.15, 0.2) is 41.4 Å². The van der Waals surface area contributed by atoms with Gasteiger partial charge in [-0.25, -0.2) is 0 Å². The Kier molecular flexibility index (Phi) is 7.79. The average molecular weight is 371 g/mol. The highest BCUT2D eigenvalue weighted by Crippen LogP contribution is 2.24. The minimum Gasteiger partial charge on any atom is -0.497 e. The van der Waals surface area contributed by atoms with Crippen LogP contribution >= 0.6 is 0 Å². The van der Waals surface area contributed by atoms with Crippen molar-refractivity contribution in [1.29, 1.82) is 0 Å². The first-order valence-electron chi connectivity index (χ1n) is 8.99. The number of nitrogens with zero attached hydrogens (tertiary/aromatic N) is 1. The molecular formula is C21H29N3O3. The SMILES string of the molecule is CCOc1cc(C)ccc1CNC(=NC)NCc1ccc(OC)cc1OC. The molecule has 0 atom stereocenters. The van der Waals surface area contributed by atoms with Crippen LogP contribution < -0.4 is 24.8 Å². The number of aliphatic imine (C=N–C) groups is 1. The number of guanidine groups is 1. The number of aryl methyl sites for hydroxylation is 1. The zero-order valence-electron chi connectivity index (χ0n) is 16.8. The van der Waals surface area contributed by atoms with E-state index < -0.39 is 0 Å². The molecule has 0 saturated carbocycles. The van der Waals surface area contributed by atoms with Gasteiger partial charge in [-0.3, -0.25) is 4.99 Å². The lowest BCUT2D eigenvalue weighted by Crippen LogP contribution is -2.36. The van der Waals surface area contributed by atoms with Gasteiger partial charge in [0.25, 0.3) is 0 Å². The number of methoxy groups -OCH3 is 2. The Hall–Kier alpha value is -2.89. The van der Waals surface area contributed by atoms with Crippen LogP contribution in [0, 0.1) is 6.92 Å². The lowest BCUT2D eigenvalue weighted by atomic mass is 10.1. The van der Waals surface area contributed by atoms with E-state index in [9.17, 15) is 0 Å². The summed E-state index contributed by atoms with van der Waals surface area (Å²) in [6.07, 6.45) is 0. The summed E-state index contributed by atoms with van der Waals surface area (Å²) in [7, 11) is 5.04. The molecule has 6 nitrogen and oxygen atoms in total. The molecule has 0 unspecified atom stereocenters. The van der Waals surface area contributed by atoms with Gasteiger partial charge >= 0.3 is 0 Å². The van der Waals surface area contributed by atoms with E-state index >= 15 is 0 Å². The van der Waals surface area contributed by atoms with E-state index in [1.807, 2.05) is 25.1 Å². The second-order valence-electron chi connectivity index (χ2n) is 6.00. The predicted octanol–water partition coefficient (Wildman–Crippen LogP) is 3.28. The molecule has 27 heavy (non-hydrogen) atoms. The molecule has 146 valence electrons. The molecule has 0 spiro atoms. The van der Waals surface area contributed by atoms with Crippen molar-refractivity contribution >= 4 is 5.96 Å². The van der Waals surface area contributed by atoms with Gasteiger partial charge < -0.3 is 24.8 Å². The molecular weight excluding hydrogens is 342 g/mol. The van der Waals surface area contributed by atoms with Crippen LogP contribution in [0.2, 0.25) is 0 Å². The third-order valence-electron chi connectivity index (χ3n) is 4.13. The van der Waals surface area contributed by atoms with E-state index in [0.29, 0.717) is 25.7 Å². The highest BCUT2D eigenvalue weighted by atomic mass is 16.5. The van der Waals surface area contributed by atoms with Gasteiger partial charge in [-0.2, -0.15) is 0 Å². The number of rotatable bonds is 8. The first-order chi connectivity index (χ1) is 13.1. The maximum atomic E-state index is 5.74. The fourth-order valence-electron chi connectivity index (χ4n) is 2.67. The minimum atomic E-state index is 0.582. The molecule has 0 heterocycles. The van der Waals surface area contributed by atoms with Gasteiger partial charge in [-0.15, -0.1) is 0 Å². The first kappa shape index (κ1) is 20.4. The highest BCUT2D eigenvalue weighted by molar-refractivity contribution is 5.79. The molecule has 6 heteroatoms. The third-order valence-corrected chi connectivity index (χ3v) is 4.13. The molecule has 0 amide bonds. The van der Waals surface area contributed by atoms with Crippen LogP contribution in [-0.4, -0.2) is 33.8 Å². The van der Waals surface area contributed by atoms with Crippen molar-refractivity contribution in [3.8, 4) is 17.2 Å². The van der Waals surface area contributed by atoms with E-state index in [-0.39, 0.29) is 0 Å². The molecule has 0 aliphatic heterocycles. The van der Waals surface area contributed by atoms with Gasteiger partial charge in [0.05, 0.1) is 20.8 Å². The van der Waals surface area contributed by atoms with Gasteiger partial charge in [0.1, 0.15) is 17.2 Å². The minimum absolute atomic E-state index is 0.582. The fraction of sp³-hybridized carbons (Fsp3) is 0.381. The summed E-state index contributed by atoms with van der Waals surface area (Å²) in [6.45, 7) is 5.89.